The largest absolute Gasteiger partial charge is 0.456 e. The lowest BCUT2D eigenvalue weighted by atomic mass is 9.98. The number of nitrogens with zero attached hydrogens (tertiary/aromatic N) is 3. The lowest BCUT2D eigenvalue weighted by Crippen LogP contribution is -2.09. The van der Waals surface area contributed by atoms with Crippen molar-refractivity contribution >= 4 is 246 Å². The Morgan fingerprint density at radius 3 is 1.17 bits per heavy atom. The number of hydrogen-bond donors (Lipinski definition) is 0. The first kappa shape index (κ1) is 72.5. The van der Waals surface area contributed by atoms with Crippen molar-refractivity contribution in [2.45, 2.75) is 13.8 Å². The van der Waals surface area contributed by atoms with E-state index in [2.05, 4.69) is 412 Å². The molecule has 0 bridgehead atoms. The Morgan fingerprint density at radius 1 is 0.240 bits per heavy atom. The van der Waals surface area contributed by atoms with Crippen LogP contribution in [0.4, 0.5) is 17.1 Å². The SMILES string of the molecule is Brc1ccc2c(c1)sc1cc(-c3ccc4c(c3)c3c5cc6c(cc5ccc3n4-c3ccccc3)sc3ccccc36)ccc12.C.c1ccc(Cc2ccc3c(c2)oc2ccccc23)cc1.c1ccc(N(c2ccccc2)c2ccc3c(c2)sc2cc(-c4ccc5c(c4)c4c6cc7c(cc6ccc4n5-c4ccccc4)sc4ccccc47)ccc23)cc1. The summed E-state index contributed by atoms with van der Waals surface area (Å²) in [6.45, 7) is 0. The topological polar surface area (TPSA) is 26.2 Å². The van der Waals surface area contributed by atoms with Crippen molar-refractivity contribution in [3.8, 4) is 33.6 Å². The Bertz CT molecular complexity index is 8550. The Balaban J connectivity index is 0.000000116. The van der Waals surface area contributed by atoms with Gasteiger partial charge in [0.2, 0.25) is 0 Å². The molecule has 7 aromatic heterocycles. The number of benzene rings is 19. The van der Waals surface area contributed by atoms with Gasteiger partial charge in [0.15, 0.2) is 0 Å². The molecule has 0 amide bonds. The number of para-hydroxylation sites is 5. The molecule has 0 aliphatic rings. The number of anilines is 3. The fraction of sp³-hybridized carbons (Fsp3) is 0.0179. The predicted octanol–water partition coefficient (Wildman–Crippen LogP) is 34.7. The molecule has 0 saturated carbocycles. The van der Waals surface area contributed by atoms with E-state index >= 15 is 0 Å². The van der Waals surface area contributed by atoms with Crippen LogP contribution >= 0.6 is 61.3 Å². The molecule has 0 radical (unpaired) electrons. The van der Waals surface area contributed by atoms with Crippen molar-refractivity contribution < 1.29 is 4.42 Å². The monoisotopic (exact) mass is 1680 g/mol. The van der Waals surface area contributed by atoms with Gasteiger partial charge in [0, 0.05) is 146 Å². The first-order chi connectivity index (χ1) is 59.3. The van der Waals surface area contributed by atoms with Crippen molar-refractivity contribution in [3.63, 3.8) is 0 Å². The predicted molar refractivity (Wildman–Crippen MR) is 531 cm³/mol. The third-order valence-electron chi connectivity index (χ3n) is 24.1. The van der Waals surface area contributed by atoms with Crippen LogP contribution < -0.4 is 4.90 Å². The molecule has 572 valence electrons. The zero-order valence-electron chi connectivity index (χ0n) is 64.6. The Labute approximate surface area is 721 Å². The molecule has 0 unspecified atom stereocenters. The van der Waals surface area contributed by atoms with Crippen LogP contribution in [0.2, 0.25) is 0 Å². The quantitative estimate of drug-likeness (QED) is 0.144. The number of furan rings is 1. The van der Waals surface area contributed by atoms with Crippen LogP contribution in [0.15, 0.2) is 409 Å². The highest BCUT2D eigenvalue weighted by molar-refractivity contribution is 9.10. The minimum Gasteiger partial charge on any atom is -0.456 e. The van der Waals surface area contributed by atoms with E-state index < -0.39 is 0 Å². The highest BCUT2D eigenvalue weighted by Gasteiger charge is 2.23. The van der Waals surface area contributed by atoms with Gasteiger partial charge < -0.3 is 18.5 Å². The van der Waals surface area contributed by atoms with E-state index in [1.165, 1.54) is 201 Å². The molecule has 7 heterocycles. The van der Waals surface area contributed by atoms with Gasteiger partial charge >= 0.3 is 0 Å². The van der Waals surface area contributed by atoms with Crippen molar-refractivity contribution in [1.29, 1.82) is 0 Å². The van der Waals surface area contributed by atoms with Gasteiger partial charge in [-0.3, -0.25) is 0 Å². The molecule has 0 fully saturated rings. The Kier molecular flexibility index (Phi) is 17.8. The average Bonchev–Trinajstić information content (AvgIpc) is 1.57. The number of fused-ring (bicyclic) bond motifs is 25. The van der Waals surface area contributed by atoms with E-state index in [9.17, 15) is 0 Å². The second kappa shape index (κ2) is 29.7. The molecule has 121 heavy (non-hydrogen) atoms. The van der Waals surface area contributed by atoms with Crippen molar-refractivity contribution in [2.24, 2.45) is 0 Å². The molecule has 0 spiro atoms. The summed E-state index contributed by atoms with van der Waals surface area (Å²) in [6.07, 6.45) is 0.938. The summed E-state index contributed by atoms with van der Waals surface area (Å²) in [6, 6.07) is 146. The van der Waals surface area contributed by atoms with Gasteiger partial charge in [0.25, 0.3) is 0 Å². The number of rotatable bonds is 9. The lowest BCUT2D eigenvalue weighted by molar-refractivity contribution is 0.668. The second-order valence-electron chi connectivity index (χ2n) is 31.1. The van der Waals surface area contributed by atoms with E-state index in [4.69, 9.17) is 4.42 Å². The van der Waals surface area contributed by atoms with Crippen molar-refractivity contribution in [1.82, 2.24) is 9.13 Å². The molecule has 26 rings (SSSR count). The summed E-state index contributed by atoms with van der Waals surface area (Å²) in [7, 11) is 0. The first-order valence-corrected chi connectivity index (χ1v) is 44.6. The van der Waals surface area contributed by atoms with Crippen molar-refractivity contribution in [2.75, 3.05) is 4.90 Å². The summed E-state index contributed by atoms with van der Waals surface area (Å²) in [5, 5.41) is 23.3. The van der Waals surface area contributed by atoms with Crippen LogP contribution in [0.25, 0.3) is 201 Å². The fourth-order valence-electron chi connectivity index (χ4n) is 18.5. The average molecular weight is 1680 g/mol. The summed E-state index contributed by atoms with van der Waals surface area (Å²) in [5.41, 5.74) is 20.2. The Morgan fingerprint density at radius 2 is 0.628 bits per heavy atom. The lowest BCUT2D eigenvalue weighted by Gasteiger charge is -2.25. The summed E-state index contributed by atoms with van der Waals surface area (Å²) in [4.78, 5) is 2.34. The minimum absolute atomic E-state index is 0. The van der Waals surface area contributed by atoms with Gasteiger partial charge in [-0.1, -0.05) is 254 Å². The maximum Gasteiger partial charge on any atom is 0.135 e. The third-order valence-corrected chi connectivity index (χ3v) is 29.0. The normalized spacial score (nSPS) is 11.8. The van der Waals surface area contributed by atoms with Gasteiger partial charge in [-0.05, 0) is 231 Å². The third kappa shape index (κ3) is 12.5. The van der Waals surface area contributed by atoms with Gasteiger partial charge in [0.05, 0.1) is 22.1 Å². The van der Waals surface area contributed by atoms with E-state index in [1.807, 2.05) is 63.5 Å². The van der Waals surface area contributed by atoms with E-state index in [-0.39, 0.29) is 7.43 Å². The van der Waals surface area contributed by atoms with Gasteiger partial charge in [-0.2, -0.15) is 0 Å². The van der Waals surface area contributed by atoms with Gasteiger partial charge in [0.1, 0.15) is 11.2 Å². The molecular weight excluding hydrogens is 1610 g/mol. The molecule has 0 saturated heterocycles. The summed E-state index contributed by atoms with van der Waals surface area (Å²) < 4.78 is 22.5. The zero-order valence-corrected chi connectivity index (χ0v) is 69.4. The molecule has 26 aromatic rings. The zero-order chi connectivity index (χ0) is 79.0. The highest BCUT2D eigenvalue weighted by atomic mass is 79.9. The molecule has 19 aromatic carbocycles. The van der Waals surface area contributed by atoms with Crippen molar-refractivity contribution in [3.05, 3.63) is 416 Å². The molecule has 0 aliphatic heterocycles. The fourth-order valence-corrected chi connectivity index (χ4v) is 23.7. The molecule has 0 N–H and O–H groups in total. The van der Waals surface area contributed by atoms with E-state index in [0.29, 0.717) is 0 Å². The van der Waals surface area contributed by atoms with Crippen LogP contribution in [-0.2, 0) is 6.42 Å². The number of hydrogen-bond acceptors (Lipinski definition) is 6. The maximum atomic E-state index is 5.93. The van der Waals surface area contributed by atoms with Crippen LogP contribution in [0.1, 0.15) is 18.6 Å². The molecule has 4 nitrogen and oxygen atoms in total. The number of aromatic nitrogens is 2. The minimum atomic E-state index is 0. The van der Waals surface area contributed by atoms with Crippen LogP contribution in [0.3, 0.4) is 0 Å². The summed E-state index contributed by atoms with van der Waals surface area (Å²) >= 11 is 11.2. The van der Waals surface area contributed by atoms with E-state index in [1.54, 1.807) is 0 Å². The Hall–Kier alpha value is -13.7. The second-order valence-corrected chi connectivity index (χ2v) is 36.4. The number of halogens is 1. The first-order valence-electron chi connectivity index (χ1n) is 40.5. The number of thiophene rings is 4. The summed E-state index contributed by atoms with van der Waals surface area (Å²) in [5.74, 6) is 0. The van der Waals surface area contributed by atoms with Gasteiger partial charge in [-0.15, -0.1) is 45.3 Å². The van der Waals surface area contributed by atoms with Crippen LogP contribution in [0, 0.1) is 0 Å². The van der Waals surface area contributed by atoms with Gasteiger partial charge in [-0.25, -0.2) is 0 Å². The molecular formula is C112H72BrN3OS4. The molecule has 0 atom stereocenters. The maximum absolute atomic E-state index is 5.93. The van der Waals surface area contributed by atoms with Crippen LogP contribution in [0.5, 0.6) is 0 Å². The smallest absolute Gasteiger partial charge is 0.135 e. The molecule has 0 aliphatic carbocycles. The molecule has 9 heteroatoms. The van der Waals surface area contributed by atoms with E-state index in [0.717, 1.165) is 39.1 Å². The highest BCUT2D eigenvalue weighted by Crippen LogP contribution is 2.49. The standard InChI is InChI=1S/C52H32N2S2.C40H22BrNS2.C19H14O.CH4/c1-4-12-36(13-5-1)53(37-14-6-2-7-15-37)39-23-25-42-41-24-20-34(29-49(41)56-51(42)31-39)33-21-26-46-45(28-33)52-43-32-44-40-18-10-11-19-48(40)55-50(44)30-35(43)22-27-47(52)54(46)38-16-8-3-9-17-38;41-26-13-15-30-29-14-10-24(19-37(29)44-39(30)21-26)23-11-16-34-33(18-23)40-31-22-32-28-8-4-5-9-36(28)43-38(32)20-25(31)12-17-35(40)42(34)27-6-2-1-3-7-27;1-2-6-14(7-3-1)12-15-10-11-17-16-8-4-5-9-18(16)20-19(17)13-15;/h1-32H;1-22H;1-11,13H,12H2;1H4. The van der Waals surface area contributed by atoms with Crippen LogP contribution in [-0.4, -0.2) is 9.13 Å².